The van der Waals surface area contributed by atoms with E-state index >= 15 is 0 Å². The SMILES string of the molecule is CC#CN(Oc1ccc(Cl)cc1[N+](=O)[O-])C(=O)OC(C)(C)C. The Morgan fingerprint density at radius 1 is 1.41 bits per heavy atom. The van der Waals surface area contributed by atoms with Crippen LogP contribution in [0.2, 0.25) is 5.02 Å². The van der Waals surface area contributed by atoms with E-state index in [0.29, 0.717) is 5.06 Å². The number of rotatable bonds is 3. The number of benzene rings is 1. The van der Waals surface area contributed by atoms with Crippen LogP contribution in [0.3, 0.4) is 0 Å². The topological polar surface area (TPSA) is 81.9 Å². The van der Waals surface area contributed by atoms with Crippen LogP contribution in [0.25, 0.3) is 0 Å². The van der Waals surface area contributed by atoms with E-state index in [1.807, 2.05) is 0 Å². The van der Waals surface area contributed by atoms with Gasteiger partial charge in [-0.25, -0.2) is 4.79 Å². The fraction of sp³-hybridized carbons (Fsp3) is 0.357. The molecule has 0 aromatic heterocycles. The van der Waals surface area contributed by atoms with Gasteiger partial charge in [-0.3, -0.25) is 10.1 Å². The van der Waals surface area contributed by atoms with Gasteiger partial charge in [0.2, 0.25) is 5.75 Å². The molecule has 0 fully saturated rings. The number of hydroxylamine groups is 2. The van der Waals surface area contributed by atoms with Crippen LogP contribution in [0.4, 0.5) is 10.5 Å². The zero-order chi connectivity index (χ0) is 16.9. The maximum Gasteiger partial charge on any atom is 0.456 e. The molecule has 0 aliphatic rings. The molecule has 0 saturated carbocycles. The van der Waals surface area contributed by atoms with Crippen LogP contribution in [0, 0.1) is 22.1 Å². The number of hydrogen-bond acceptors (Lipinski definition) is 5. The predicted molar refractivity (Wildman–Crippen MR) is 80.3 cm³/mol. The molecule has 22 heavy (non-hydrogen) atoms. The summed E-state index contributed by atoms with van der Waals surface area (Å²) in [4.78, 5) is 27.5. The summed E-state index contributed by atoms with van der Waals surface area (Å²) in [6, 6.07) is 6.15. The van der Waals surface area contributed by atoms with Crippen molar-refractivity contribution in [3.05, 3.63) is 33.3 Å². The summed E-state index contributed by atoms with van der Waals surface area (Å²) < 4.78 is 5.11. The first-order chi connectivity index (χ1) is 10.1. The van der Waals surface area contributed by atoms with Crippen LogP contribution in [0.1, 0.15) is 27.7 Å². The Hall–Kier alpha value is -2.46. The molecular weight excluding hydrogens is 312 g/mol. The molecule has 1 rings (SSSR count). The first-order valence-electron chi connectivity index (χ1n) is 6.21. The minimum absolute atomic E-state index is 0.171. The van der Waals surface area contributed by atoms with Crippen LogP contribution in [0.15, 0.2) is 18.2 Å². The Kier molecular flexibility index (Phi) is 5.60. The molecule has 0 heterocycles. The molecule has 118 valence electrons. The molecule has 0 radical (unpaired) electrons. The smallest absolute Gasteiger partial charge is 0.441 e. The number of halogens is 1. The van der Waals surface area contributed by atoms with E-state index in [0.717, 1.165) is 6.07 Å². The van der Waals surface area contributed by atoms with Crippen molar-refractivity contribution >= 4 is 23.4 Å². The summed E-state index contributed by atoms with van der Waals surface area (Å²) in [5, 5.41) is 11.8. The summed E-state index contributed by atoms with van der Waals surface area (Å²) in [5.41, 5.74) is -1.15. The highest BCUT2D eigenvalue weighted by molar-refractivity contribution is 6.30. The molecule has 0 aliphatic heterocycles. The minimum atomic E-state index is -0.883. The molecule has 0 N–H and O–H groups in total. The van der Waals surface area contributed by atoms with Gasteiger partial charge in [0.1, 0.15) is 5.60 Å². The van der Waals surface area contributed by atoms with E-state index in [1.54, 1.807) is 20.8 Å². The standard InChI is InChI=1S/C14H15ClN2O5/c1-5-8-16(13(18)21-14(2,3)4)22-12-7-6-10(15)9-11(12)17(19)20/h6-7,9H,1-4H3. The lowest BCUT2D eigenvalue weighted by Gasteiger charge is -2.23. The van der Waals surface area contributed by atoms with Gasteiger partial charge in [-0.1, -0.05) is 22.6 Å². The third-order valence-corrected chi connectivity index (χ3v) is 2.32. The Balaban J connectivity index is 3.08. The van der Waals surface area contributed by atoms with E-state index in [1.165, 1.54) is 19.1 Å². The van der Waals surface area contributed by atoms with Crippen molar-refractivity contribution in [3.63, 3.8) is 0 Å². The average Bonchev–Trinajstić information content (AvgIpc) is 2.37. The number of carbonyl (C=O) groups is 1. The molecular formula is C14H15ClN2O5. The summed E-state index contributed by atoms with van der Waals surface area (Å²) >= 11 is 5.72. The van der Waals surface area contributed by atoms with Crippen molar-refractivity contribution < 1.29 is 19.3 Å². The van der Waals surface area contributed by atoms with Gasteiger partial charge >= 0.3 is 11.8 Å². The summed E-state index contributed by atoms with van der Waals surface area (Å²) in [7, 11) is 0. The lowest BCUT2D eigenvalue weighted by molar-refractivity contribution is -0.386. The molecule has 7 nitrogen and oxygen atoms in total. The minimum Gasteiger partial charge on any atom is -0.441 e. The van der Waals surface area contributed by atoms with E-state index in [9.17, 15) is 14.9 Å². The number of ether oxygens (including phenoxy) is 1. The van der Waals surface area contributed by atoms with Gasteiger partial charge in [-0.05, 0) is 39.8 Å². The van der Waals surface area contributed by atoms with Crippen LogP contribution >= 0.6 is 11.6 Å². The molecule has 0 unspecified atom stereocenters. The molecule has 0 aliphatic carbocycles. The molecule has 0 atom stereocenters. The van der Waals surface area contributed by atoms with Crippen LogP contribution < -0.4 is 4.84 Å². The van der Waals surface area contributed by atoms with Gasteiger partial charge in [0.15, 0.2) is 0 Å². The van der Waals surface area contributed by atoms with Crippen molar-refractivity contribution in [3.8, 4) is 17.7 Å². The Morgan fingerprint density at radius 3 is 2.55 bits per heavy atom. The number of nitro groups is 1. The van der Waals surface area contributed by atoms with Crippen LogP contribution in [0.5, 0.6) is 5.75 Å². The Labute approximate surface area is 132 Å². The quantitative estimate of drug-likeness (QED) is 0.365. The van der Waals surface area contributed by atoms with Gasteiger partial charge < -0.3 is 9.57 Å². The lowest BCUT2D eigenvalue weighted by atomic mass is 10.2. The molecule has 0 bridgehead atoms. The molecule has 1 aromatic rings. The third-order valence-electron chi connectivity index (χ3n) is 2.08. The zero-order valence-electron chi connectivity index (χ0n) is 12.5. The summed E-state index contributed by atoms with van der Waals surface area (Å²) in [6.45, 7) is 6.50. The van der Waals surface area contributed by atoms with Gasteiger partial charge in [-0.2, -0.15) is 0 Å². The van der Waals surface area contributed by atoms with Gasteiger partial charge in [0.05, 0.1) is 11.0 Å². The number of carbonyl (C=O) groups excluding carboxylic acids is 1. The first-order valence-corrected chi connectivity index (χ1v) is 6.59. The number of nitro benzene ring substituents is 1. The second-order valence-electron chi connectivity index (χ2n) is 5.10. The Morgan fingerprint density at radius 2 is 2.05 bits per heavy atom. The molecule has 1 amide bonds. The largest absolute Gasteiger partial charge is 0.456 e. The molecule has 0 spiro atoms. The fourth-order valence-corrected chi connectivity index (χ4v) is 1.49. The van der Waals surface area contributed by atoms with Crippen LogP contribution in [-0.4, -0.2) is 21.7 Å². The highest BCUT2D eigenvalue weighted by atomic mass is 35.5. The van der Waals surface area contributed by atoms with E-state index in [-0.39, 0.29) is 16.5 Å². The Bertz CT molecular complexity index is 643. The van der Waals surface area contributed by atoms with Crippen LogP contribution in [-0.2, 0) is 4.74 Å². The maximum atomic E-state index is 12.0. The zero-order valence-corrected chi connectivity index (χ0v) is 13.3. The average molecular weight is 327 g/mol. The maximum absolute atomic E-state index is 12.0. The summed E-state index contributed by atoms with van der Waals surface area (Å²) in [6.07, 6.45) is -0.883. The molecule has 8 heteroatoms. The second-order valence-corrected chi connectivity index (χ2v) is 5.53. The highest BCUT2D eigenvalue weighted by Gasteiger charge is 2.26. The predicted octanol–water partition coefficient (Wildman–Crippen LogP) is 3.76. The third kappa shape index (κ3) is 5.14. The van der Waals surface area contributed by atoms with E-state index in [2.05, 4.69) is 12.0 Å². The number of hydrogen-bond donors (Lipinski definition) is 0. The van der Waals surface area contributed by atoms with E-state index < -0.39 is 16.6 Å². The molecule has 1 aromatic carbocycles. The van der Waals surface area contributed by atoms with Gasteiger partial charge in [0.25, 0.3) is 0 Å². The van der Waals surface area contributed by atoms with Gasteiger partial charge in [0, 0.05) is 11.1 Å². The monoisotopic (exact) mass is 326 g/mol. The second kappa shape index (κ2) is 7.00. The first kappa shape index (κ1) is 17.6. The summed E-state index contributed by atoms with van der Waals surface area (Å²) in [5.74, 6) is 2.29. The fourth-order valence-electron chi connectivity index (χ4n) is 1.32. The van der Waals surface area contributed by atoms with Crippen molar-refractivity contribution in [2.45, 2.75) is 33.3 Å². The van der Waals surface area contributed by atoms with Crippen molar-refractivity contribution in [1.29, 1.82) is 0 Å². The number of nitrogens with zero attached hydrogens (tertiary/aromatic N) is 2. The molecule has 0 saturated heterocycles. The van der Waals surface area contributed by atoms with E-state index in [4.69, 9.17) is 21.2 Å². The highest BCUT2D eigenvalue weighted by Crippen LogP contribution is 2.30. The van der Waals surface area contributed by atoms with Gasteiger partial charge in [-0.15, -0.1) is 0 Å². The van der Waals surface area contributed by atoms with Crippen molar-refractivity contribution in [1.82, 2.24) is 5.06 Å². The van der Waals surface area contributed by atoms with Crippen molar-refractivity contribution in [2.75, 3.05) is 0 Å². The normalized spacial score (nSPS) is 10.2. The number of amides is 1. The lowest BCUT2D eigenvalue weighted by Crippen LogP contribution is -2.36. The van der Waals surface area contributed by atoms with Crippen molar-refractivity contribution in [2.24, 2.45) is 0 Å².